The first kappa shape index (κ1) is 15.2. The van der Waals surface area contributed by atoms with Crippen LogP contribution >= 0.6 is 0 Å². The third-order valence-electron chi connectivity index (χ3n) is 4.40. The van der Waals surface area contributed by atoms with Crippen LogP contribution < -0.4 is 4.90 Å². The van der Waals surface area contributed by atoms with Crippen LogP contribution in [-0.4, -0.2) is 61.4 Å². The number of morpholine rings is 1. The summed E-state index contributed by atoms with van der Waals surface area (Å²) in [7, 11) is 0. The van der Waals surface area contributed by atoms with Crippen molar-refractivity contribution in [1.29, 1.82) is 0 Å². The molecule has 120 valence electrons. The lowest BCUT2D eigenvalue weighted by molar-refractivity contribution is 0.0677. The molecule has 2 fully saturated rings. The van der Waals surface area contributed by atoms with Crippen LogP contribution in [0.4, 0.5) is 10.1 Å². The largest absolute Gasteiger partial charge is 0.394 e. The summed E-state index contributed by atoms with van der Waals surface area (Å²) in [4.78, 5) is 16.0. The Kier molecular flexibility index (Phi) is 4.59. The van der Waals surface area contributed by atoms with E-state index in [1.54, 1.807) is 17.0 Å². The predicted octanol–water partition coefficient (Wildman–Crippen LogP) is 1.26. The van der Waals surface area contributed by atoms with Crippen LogP contribution in [0.3, 0.4) is 0 Å². The maximum atomic E-state index is 14.4. The first-order chi connectivity index (χ1) is 10.7. The number of hydrogen-bond donors (Lipinski definition) is 1. The van der Waals surface area contributed by atoms with Gasteiger partial charge in [0.2, 0.25) is 0 Å². The zero-order chi connectivity index (χ0) is 15.5. The van der Waals surface area contributed by atoms with Gasteiger partial charge in [0.05, 0.1) is 31.5 Å². The number of halogens is 1. The van der Waals surface area contributed by atoms with E-state index in [0.29, 0.717) is 44.1 Å². The Morgan fingerprint density at radius 3 is 2.77 bits per heavy atom. The van der Waals surface area contributed by atoms with E-state index in [-0.39, 0.29) is 24.4 Å². The number of likely N-dealkylation sites (tertiary alicyclic amines) is 1. The molecule has 0 unspecified atom stereocenters. The van der Waals surface area contributed by atoms with Crippen molar-refractivity contribution in [2.24, 2.45) is 0 Å². The van der Waals surface area contributed by atoms with Crippen molar-refractivity contribution in [3.63, 3.8) is 0 Å². The molecule has 1 N–H and O–H groups in total. The lowest BCUT2D eigenvalue weighted by atomic mass is 10.1. The number of hydrogen-bond acceptors (Lipinski definition) is 4. The Morgan fingerprint density at radius 2 is 2.09 bits per heavy atom. The minimum Gasteiger partial charge on any atom is -0.394 e. The second-order valence-electron chi connectivity index (χ2n) is 5.74. The monoisotopic (exact) mass is 308 g/mol. The molecule has 0 aromatic heterocycles. The Labute approximate surface area is 129 Å². The molecule has 2 saturated heterocycles. The second-order valence-corrected chi connectivity index (χ2v) is 5.74. The zero-order valence-electron chi connectivity index (χ0n) is 12.5. The van der Waals surface area contributed by atoms with Gasteiger partial charge in [-0.15, -0.1) is 0 Å². The first-order valence-corrected chi connectivity index (χ1v) is 7.75. The fraction of sp³-hybridized carbons (Fsp3) is 0.562. The number of aliphatic hydroxyl groups is 1. The summed E-state index contributed by atoms with van der Waals surface area (Å²) in [6.45, 7) is 3.07. The van der Waals surface area contributed by atoms with Gasteiger partial charge in [0.1, 0.15) is 5.82 Å². The lowest BCUT2D eigenvalue weighted by Gasteiger charge is -2.29. The van der Waals surface area contributed by atoms with Crippen LogP contribution in [0.5, 0.6) is 0 Å². The highest BCUT2D eigenvalue weighted by atomic mass is 19.1. The average Bonchev–Trinajstić information content (AvgIpc) is 3.03. The number of ether oxygens (including phenoxy) is 1. The number of nitrogens with zero attached hydrogens (tertiary/aromatic N) is 2. The standard InChI is InChI=1S/C16H21FN2O3/c17-14-10-12(16(21)19-5-1-2-13(19)11-20)3-4-15(14)18-6-8-22-9-7-18/h3-4,10,13,20H,1-2,5-9,11H2/t13-/m1/s1. The molecule has 0 bridgehead atoms. The minimum atomic E-state index is -0.382. The van der Waals surface area contributed by atoms with E-state index in [9.17, 15) is 14.3 Å². The summed E-state index contributed by atoms with van der Waals surface area (Å²) < 4.78 is 19.6. The molecule has 2 aliphatic rings. The number of amides is 1. The number of aliphatic hydroxyl groups excluding tert-OH is 1. The second kappa shape index (κ2) is 6.62. The molecule has 22 heavy (non-hydrogen) atoms. The van der Waals surface area contributed by atoms with Crippen LogP contribution in [0.1, 0.15) is 23.2 Å². The Balaban J connectivity index is 1.77. The van der Waals surface area contributed by atoms with Crippen molar-refractivity contribution in [1.82, 2.24) is 4.90 Å². The summed E-state index contributed by atoms with van der Waals surface area (Å²) in [5, 5.41) is 9.31. The van der Waals surface area contributed by atoms with Gasteiger partial charge in [-0.3, -0.25) is 4.79 Å². The van der Waals surface area contributed by atoms with E-state index in [2.05, 4.69) is 0 Å². The van der Waals surface area contributed by atoms with Gasteiger partial charge in [0.25, 0.3) is 5.91 Å². The molecule has 6 heteroatoms. The third-order valence-corrected chi connectivity index (χ3v) is 4.40. The van der Waals surface area contributed by atoms with E-state index in [0.717, 1.165) is 12.8 Å². The van der Waals surface area contributed by atoms with Gasteiger partial charge in [0.15, 0.2) is 0 Å². The van der Waals surface area contributed by atoms with Crippen molar-refractivity contribution in [3.05, 3.63) is 29.6 Å². The Hall–Kier alpha value is -1.66. The average molecular weight is 308 g/mol. The molecular formula is C16H21FN2O3. The molecule has 2 heterocycles. The molecule has 0 aliphatic carbocycles. The van der Waals surface area contributed by atoms with E-state index in [4.69, 9.17) is 4.74 Å². The summed E-state index contributed by atoms with van der Waals surface area (Å²) in [5.41, 5.74) is 0.856. The van der Waals surface area contributed by atoms with Gasteiger partial charge in [-0.05, 0) is 31.0 Å². The Morgan fingerprint density at radius 1 is 1.32 bits per heavy atom. The summed E-state index contributed by atoms with van der Waals surface area (Å²) in [6.07, 6.45) is 1.68. The van der Waals surface area contributed by atoms with E-state index in [1.807, 2.05) is 4.90 Å². The number of benzene rings is 1. The van der Waals surface area contributed by atoms with Crippen LogP contribution in [0.15, 0.2) is 18.2 Å². The summed E-state index contributed by atoms with van der Waals surface area (Å²) in [5.74, 6) is -0.587. The SMILES string of the molecule is O=C(c1ccc(N2CCOCC2)c(F)c1)N1CCC[C@@H]1CO. The van der Waals surface area contributed by atoms with Gasteiger partial charge in [0, 0.05) is 25.2 Å². The van der Waals surface area contributed by atoms with E-state index in [1.165, 1.54) is 6.07 Å². The predicted molar refractivity (Wildman–Crippen MR) is 80.6 cm³/mol. The molecule has 5 nitrogen and oxygen atoms in total. The summed E-state index contributed by atoms with van der Waals surface area (Å²) in [6, 6.07) is 4.50. The first-order valence-electron chi connectivity index (χ1n) is 7.75. The molecule has 1 amide bonds. The van der Waals surface area contributed by atoms with Crippen LogP contribution in [-0.2, 0) is 4.74 Å². The normalized spacial score (nSPS) is 22.2. The highest BCUT2D eigenvalue weighted by Gasteiger charge is 2.29. The number of rotatable bonds is 3. The maximum absolute atomic E-state index is 14.4. The molecule has 0 radical (unpaired) electrons. The van der Waals surface area contributed by atoms with Crippen molar-refractivity contribution in [2.75, 3.05) is 44.4 Å². The molecule has 3 rings (SSSR count). The minimum absolute atomic E-state index is 0.0416. The van der Waals surface area contributed by atoms with Gasteiger partial charge in [-0.1, -0.05) is 0 Å². The molecule has 1 atom stereocenters. The molecule has 1 aromatic rings. The van der Waals surface area contributed by atoms with E-state index < -0.39 is 0 Å². The van der Waals surface area contributed by atoms with Crippen LogP contribution in [0.2, 0.25) is 0 Å². The topological polar surface area (TPSA) is 53.0 Å². The third kappa shape index (κ3) is 2.94. The quantitative estimate of drug-likeness (QED) is 0.913. The van der Waals surface area contributed by atoms with Crippen molar-refractivity contribution in [2.45, 2.75) is 18.9 Å². The maximum Gasteiger partial charge on any atom is 0.254 e. The number of carbonyl (C=O) groups is 1. The van der Waals surface area contributed by atoms with Crippen LogP contribution in [0.25, 0.3) is 0 Å². The lowest BCUT2D eigenvalue weighted by Crippen LogP contribution is -2.38. The van der Waals surface area contributed by atoms with Crippen molar-refractivity contribution in [3.8, 4) is 0 Å². The van der Waals surface area contributed by atoms with Crippen LogP contribution in [0, 0.1) is 5.82 Å². The fourth-order valence-electron chi connectivity index (χ4n) is 3.16. The van der Waals surface area contributed by atoms with Crippen molar-refractivity contribution < 1.29 is 19.0 Å². The summed E-state index contributed by atoms with van der Waals surface area (Å²) >= 11 is 0. The highest BCUT2D eigenvalue weighted by molar-refractivity contribution is 5.95. The van der Waals surface area contributed by atoms with Crippen molar-refractivity contribution >= 4 is 11.6 Å². The smallest absolute Gasteiger partial charge is 0.254 e. The zero-order valence-corrected chi connectivity index (χ0v) is 12.5. The number of anilines is 1. The van der Waals surface area contributed by atoms with E-state index >= 15 is 0 Å². The molecular weight excluding hydrogens is 287 g/mol. The van der Waals surface area contributed by atoms with Gasteiger partial charge < -0.3 is 19.6 Å². The number of carbonyl (C=O) groups excluding carboxylic acids is 1. The van der Waals surface area contributed by atoms with Gasteiger partial charge >= 0.3 is 0 Å². The molecule has 2 aliphatic heterocycles. The van der Waals surface area contributed by atoms with Gasteiger partial charge in [-0.25, -0.2) is 4.39 Å². The molecule has 1 aromatic carbocycles. The molecule has 0 spiro atoms. The van der Waals surface area contributed by atoms with Gasteiger partial charge in [-0.2, -0.15) is 0 Å². The Bertz CT molecular complexity index is 546. The highest BCUT2D eigenvalue weighted by Crippen LogP contribution is 2.24. The molecule has 0 saturated carbocycles. The fourth-order valence-corrected chi connectivity index (χ4v) is 3.16.